The molecule has 3 N–H and O–H groups in total. The summed E-state index contributed by atoms with van der Waals surface area (Å²) in [5, 5.41) is 3.12. The molecule has 0 spiro atoms. The molecule has 18 heavy (non-hydrogen) atoms. The molecule has 0 aliphatic carbocycles. The van der Waals surface area contributed by atoms with Crippen molar-refractivity contribution in [2.24, 2.45) is 5.41 Å². The van der Waals surface area contributed by atoms with Gasteiger partial charge in [0.2, 0.25) is 11.9 Å². The largest absolute Gasteiger partial charge is 0.346 e. The van der Waals surface area contributed by atoms with Crippen LogP contribution < -0.4 is 10.9 Å². The van der Waals surface area contributed by atoms with Crippen LogP contribution >= 0.6 is 0 Å². The van der Waals surface area contributed by atoms with Crippen LogP contribution in [0.3, 0.4) is 0 Å². The molecule has 0 aromatic carbocycles. The monoisotopic (exact) mass is 248 g/mol. The van der Waals surface area contributed by atoms with E-state index in [2.05, 4.69) is 20.3 Å². The van der Waals surface area contributed by atoms with Gasteiger partial charge in [-0.05, 0) is 12.5 Å². The topological polar surface area (TPSA) is 90.6 Å². The Hall–Kier alpha value is -2.11. The molecule has 0 radical (unpaired) electrons. The number of fused-ring (bicyclic) bond motifs is 1. The molecule has 0 fully saturated rings. The van der Waals surface area contributed by atoms with Crippen molar-refractivity contribution in [3.05, 3.63) is 22.1 Å². The van der Waals surface area contributed by atoms with Gasteiger partial charge < -0.3 is 4.98 Å². The standard InChI is InChI=1S/C12H16N4O2/c1-6-5-13-8-7(6)9(17)15-11(14-8)16-10(18)12(2,3)4/h5H,1-4H3,(H3,13,14,15,16,17,18). The van der Waals surface area contributed by atoms with Crippen molar-refractivity contribution >= 4 is 22.9 Å². The molecule has 96 valence electrons. The maximum Gasteiger partial charge on any atom is 0.262 e. The fourth-order valence-electron chi connectivity index (χ4n) is 1.55. The van der Waals surface area contributed by atoms with E-state index in [9.17, 15) is 9.59 Å². The van der Waals surface area contributed by atoms with Crippen molar-refractivity contribution < 1.29 is 4.79 Å². The van der Waals surface area contributed by atoms with Gasteiger partial charge in [-0.3, -0.25) is 19.9 Å². The van der Waals surface area contributed by atoms with Crippen molar-refractivity contribution in [3.8, 4) is 0 Å². The van der Waals surface area contributed by atoms with E-state index < -0.39 is 5.41 Å². The van der Waals surface area contributed by atoms with Crippen LogP contribution in [0.4, 0.5) is 5.95 Å². The summed E-state index contributed by atoms with van der Waals surface area (Å²) in [5.41, 5.74) is 0.495. The first-order valence-corrected chi connectivity index (χ1v) is 5.68. The fourth-order valence-corrected chi connectivity index (χ4v) is 1.55. The summed E-state index contributed by atoms with van der Waals surface area (Å²) >= 11 is 0. The zero-order valence-electron chi connectivity index (χ0n) is 10.8. The molecule has 1 amide bonds. The minimum absolute atomic E-state index is 0.161. The van der Waals surface area contributed by atoms with E-state index in [1.807, 2.05) is 6.92 Å². The molecule has 2 aromatic rings. The molecule has 0 atom stereocenters. The Labute approximate surface area is 104 Å². The lowest BCUT2D eigenvalue weighted by Crippen LogP contribution is -2.29. The van der Waals surface area contributed by atoms with Gasteiger partial charge in [0.05, 0.1) is 5.39 Å². The van der Waals surface area contributed by atoms with E-state index in [0.29, 0.717) is 11.0 Å². The number of aromatic nitrogens is 3. The van der Waals surface area contributed by atoms with Crippen molar-refractivity contribution in [1.82, 2.24) is 15.0 Å². The fraction of sp³-hybridized carbons (Fsp3) is 0.417. The van der Waals surface area contributed by atoms with Crippen molar-refractivity contribution in [1.29, 1.82) is 0 Å². The molecule has 0 aliphatic rings. The number of anilines is 1. The van der Waals surface area contributed by atoms with Crippen LogP contribution in [0, 0.1) is 12.3 Å². The van der Waals surface area contributed by atoms with Gasteiger partial charge in [0, 0.05) is 11.6 Å². The smallest absolute Gasteiger partial charge is 0.262 e. The Balaban J connectivity index is 2.42. The number of amides is 1. The Morgan fingerprint density at radius 1 is 1.39 bits per heavy atom. The number of aromatic amines is 2. The van der Waals surface area contributed by atoms with Gasteiger partial charge in [-0.1, -0.05) is 20.8 Å². The Bertz CT molecular complexity index is 661. The van der Waals surface area contributed by atoms with Crippen LogP contribution in [0.1, 0.15) is 26.3 Å². The number of nitrogens with one attached hydrogen (secondary N) is 3. The van der Waals surface area contributed by atoms with E-state index in [4.69, 9.17) is 0 Å². The van der Waals surface area contributed by atoms with Crippen molar-refractivity contribution in [2.75, 3.05) is 5.32 Å². The molecule has 0 bridgehead atoms. The van der Waals surface area contributed by atoms with Crippen LogP contribution in [0.2, 0.25) is 0 Å². The van der Waals surface area contributed by atoms with Gasteiger partial charge in [0.25, 0.3) is 5.56 Å². The molecule has 2 aromatic heterocycles. The van der Waals surface area contributed by atoms with E-state index in [0.717, 1.165) is 5.56 Å². The average Bonchev–Trinajstić information content (AvgIpc) is 2.59. The number of carbonyl (C=O) groups excluding carboxylic acids is 1. The molecule has 0 saturated carbocycles. The lowest BCUT2D eigenvalue weighted by Gasteiger charge is -2.16. The third-order valence-corrected chi connectivity index (χ3v) is 2.65. The highest BCUT2D eigenvalue weighted by molar-refractivity contribution is 5.93. The normalized spacial score (nSPS) is 11.8. The van der Waals surface area contributed by atoms with Gasteiger partial charge in [-0.2, -0.15) is 4.98 Å². The highest BCUT2D eigenvalue weighted by Gasteiger charge is 2.22. The van der Waals surface area contributed by atoms with E-state index in [-0.39, 0.29) is 17.4 Å². The lowest BCUT2D eigenvalue weighted by atomic mass is 9.96. The maximum atomic E-state index is 11.8. The second kappa shape index (κ2) is 3.97. The quantitative estimate of drug-likeness (QED) is 0.715. The Kier molecular flexibility index (Phi) is 2.73. The summed E-state index contributed by atoms with van der Waals surface area (Å²) in [7, 11) is 0. The van der Waals surface area contributed by atoms with Gasteiger partial charge in [0.15, 0.2) is 0 Å². The van der Waals surface area contributed by atoms with Crippen LogP contribution in [0.15, 0.2) is 11.0 Å². The molecule has 6 heteroatoms. The second-order valence-corrected chi connectivity index (χ2v) is 5.31. The summed E-state index contributed by atoms with van der Waals surface area (Å²) in [4.78, 5) is 33.3. The third kappa shape index (κ3) is 2.13. The summed E-state index contributed by atoms with van der Waals surface area (Å²) in [5.74, 6) is -0.0393. The number of nitrogens with zero attached hydrogens (tertiary/aromatic N) is 1. The zero-order valence-corrected chi connectivity index (χ0v) is 10.8. The van der Waals surface area contributed by atoms with Gasteiger partial charge in [-0.15, -0.1) is 0 Å². The third-order valence-electron chi connectivity index (χ3n) is 2.65. The van der Waals surface area contributed by atoms with Crippen LogP contribution in [0.5, 0.6) is 0 Å². The van der Waals surface area contributed by atoms with Gasteiger partial charge in [0.1, 0.15) is 5.65 Å². The van der Waals surface area contributed by atoms with E-state index in [1.165, 1.54) is 0 Å². The highest BCUT2D eigenvalue weighted by Crippen LogP contribution is 2.16. The predicted molar refractivity (Wildman–Crippen MR) is 69.5 cm³/mol. The van der Waals surface area contributed by atoms with Crippen LogP contribution in [0.25, 0.3) is 11.0 Å². The van der Waals surface area contributed by atoms with Crippen LogP contribution in [-0.4, -0.2) is 20.9 Å². The Morgan fingerprint density at radius 2 is 2.06 bits per heavy atom. The maximum absolute atomic E-state index is 11.8. The molecule has 2 heterocycles. The lowest BCUT2D eigenvalue weighted by molar-refractivity contribution is -0.123. The summed E-state index contributed by atoms with van der Waals surface area (Å²) in [6, 6.07) is 0. The highest BCUT2D eigenvalue weighted by atomic mass is 16.2. The second-order valence-electron chi connectivity index (χ2n) is 5.31. The number of hydrogen-bond donors (Lipinski definition) is 3. The minimum atomic E-state index is -0.542. The summed E-state index contributed by atoms with van der Waals surface area (Å²) in [6.07, 6.45) is 1.71. The molecule has 0 unspecified atom stereocenters. The van der Waals surface area contributed by atoms with Crippen molar-refractivity contribution in [3.63, 3.8) is 0 Å². The zero-order chi connectivity index (χ0) is 13.5. The molecule has 2 rings (SSSR count). The first-order chi connectivity index (χ1) is 8.29. The molecule has 0 saturated heterocycles. The number of rotatable bonds is 1. The van der Waals surface area contributed by atoms with Crippen LogP contribution in [-0.2, 0) is 4.79 Å². The molecule has 0 aliphatic heterocycles. The number of aryl methyl sites for hydroxylation is 1. The van der Waals surface area contributed by atoms with Crippen molar-refractivity contribution in [2.45, 2.75) is 27.7 Å². The number of hydrogen-bond acceptors (Lipinski definition) is 3. The molecular formula is C12H16N4O2. The van der Waals surface area contributed by atoms with Gasteiger partial charge >= 0.3 is 0 Å². The number of H-pyrrole nitrogens is 2. The predicted octanol–water partition coefficient (Wildman–Crippen LogP) is 1.54. The molecule has 6 nitrogen and oxygen atoms in total. The number of carbonyl (C=O) groups is 1. The first-order valence-electron chi connectivity index (χ1n) is 5.68. The van der Waals surface area contributed by atoms with E-state index in [1.54, 1.807) is 27.0 Å². The SMILES string of the molecule is Cc1c[nH]c2nc(NC(=O)C(C)(C)C)[nH]c(=O)c12. The minimum Gasteiger partial charge on any atom is -0.346 e. The summed E-state index contributed by atoms with van der Waals surface area (Å²) < 4.78 is 0. The average molecular weight is 248 g/mol. The molecular weight excluding hydrogens is 232 g/mol. The summed E-state index contributed by atoms with van der Waals surface area (Å²) in [6.45, 7) is 7.19. The first kappa shape index (κ1) is 12.3. The van der Waals surface area contributed by atoms with E-state index >= 15 is 0 Å². The van der Waals surface area contributed by atoms with Gasteiger partial charge in [-0.25, -0.2) is 0 Å². The Morgan fingerprint density at radius 3 is 2.67 bits per heavy atom.